The summed E-state index contributed by atoms with van der Waals surface area (Å²) < 4.78 is 25.0. The van der Waals surface area contributed by atoms with Crippen molar-refractivity contribution in [3.63, 3.8) is 0 Å². The van der Waals surface area contributed by atoms with E-state index in [0.29, 0.717) is 37.4 Å². The van der Waals surface area contributed by atoms with E-state index in [0.717, 1.165) is 16.8 Å². The molecule has 1 fully saturated rings. The molecule has 1 aliphatic heterocycles. The summed E-state index contributed by atoms with van der Waals surface area (Å²) >= 11 is 0. The van der Waals surface area contributed by atoms with Gasteiger partial charge in [-0.1, -0.05) is 35.4 Å². The molecule has 1 heterocycles. The molecule has 1 aliphatic rings. The molecule has 0 bridgehead atoms. The van der Waals surface area contributed by atoms with Gasteiger partial charge in [0.25, 0.3) is 5.91 Å². The number of nitrogens with zero attached hydrogens (tertiary/aromatic N) is 2. The van der Waals surface area contributed by atoms with Gasteiger partial charge in [-0.25, -0.2) is 8.42 Å². The Balaban J connectivity index is 1.31. The van der Waals surface area contributed by atoms with Crippen LogP contribution < -0.4 is 10.2 Å². The first-order valence-electron chi connectivity index (χ1n) is 11.5. The predicted molar refractivity (Wildman–Crippen MR) is 138 cm³/mol. The van der Waals surface area contributed by atoms with Gasteiger partial charge in [0.1, 0.15) is 5.75 Å². The number of sulfone groups is 1. The van der Waals surface area contributed by atoms with Crippen LogP contribution in [0.3, 0.4) is 0 Å². The number of amides is 2. The van der Waals surface area contributed by atoms with E-state index in [1.807, 2.05) is 55.1 Å². The normalized spacial score (nSPS) is 14.0. The SMILES string of the molecule is Cc1ccc(S(=O)(=O)CC(=O)Nc2ccc(N3CCN(C(=O)c4cccc(C)c4)CC3)cc2)cc1. The van der Waals surface area contributed by atoms with E-state index in [-0.39, 0.29) is 10.8 Å². The standard InChI is InChI=1S/C27H29N3O4S/c1-20-6-12-25(13-7-20)35(33,34)19-26(31)28-23-8-10-24(11-9-23)29-14-16-30(17-15-29)27(32)22-5-3-4-21(2)18-22/h3-13,18H,14-17,19H2,1-2H3,(H,28,31). The van der Waals surface area contributed by atoms with E-state index in [2.05, 4.69) is 10.2 Å². The van der Waals surface area contributed by atoms with Gasteiger partial charge in [0, 0.05) is 43.1 Å². The molecule has 8 heteroatoms. The lowest BCUT2D eigenvalue weighted by Gasteiger charge is -2.36. The fourth-order valence-electron chi connectivity index (χ4n) is 4.08. The van der Waals surface area contributed by atoms with Gasteiger partial charge in [0.15, 0.2) is 9.84 Å². The Morgan fingerprint density at radius 2 is 1.49 bits per heavy atom. The average Bonchev–Trinajstić information content (AvgIpc) is 2.84. The van der Waals surface area contributed by atoms with Crippen LogP contribution in [0.5, 0.6) is 0 Å². The molecule has 182 valence electrons. The largest absolute Gasteiger partial charge is 0.368 e. The lowest BCUT2D eigenvalue weighted by molar-refractivity contribution is -0.113. The second kappa shape index (κ2) is 10.3. The topological polar surface area (TPSA) is 86.8 Å². The maximum Gasteiger partial charge on any atom is 0.253 e. The molecule has 0 spiro atoms. The summed E-state index contributed by atoms with van der Waals surface area (Å²) in [6.45, 7) is 6.52. The molecule has 2 amide bonds. The molecular weight excluding hydrogens is 462 g/mol. The first-order chi connectivity index (χ1) is 16.7. The highest BCUT2D eigenvalue weighted by atomic mass is 32.2. The fourth-order valence-corrected chi connectivity index (χ4v) is 5.22. The minimum absolute atomic E-state index is 0.0481. The molecule has 35 heavy (non-hydrogen) atoms. The number of piperazine rings is 1. The van der Waals surface area contributed by atoms with Crippen LogP contribution in [0.15, 0.2) is 77.7 Å². The first-order valence-corrected chi connectivity index (χ1v) is 13.2. The van der Waals surface area contributed by atoms with Crippen molar-refractivity contribution in [1.82, 2.24) is 4.90 Å². The third-order valence-electron chi connectivity index (χ3n) is 6.05. The van der Waals surface area contributed by atoms with Crippen LogP contribution in [0.25, 0.3) is 0 Å². The third kappa shape index (κ3) is 6.08. The second-order valence-corrected chi connectivity index (χ2v) is 10.8. The summed E-state index contributed by atoms with van der Waals surface area (Å²) in [4.78, 5) is 29.3. The summed E-state index contributed by atoms with van der Waals surface area (Å²) in [5, 5.41) is 2.66. The van der Waals surface area contributed by atoms with E-state index >= 15 is 0 Å². The summed E-state index contributed by atoms with van der Waals surface area (Å²) in [6.07, 6.45) is 0. The van der Waals surface area contributed by atoms with Crippen molar-refractivity contribution in [2.45, 2.75) is 18.7 Å². The summed E-state index contributed by atoms with van der Waals surface area (Å²) in [5.41, 5.74) is 4.24. The quantitative estimate of drug-likeness (QED) is 0.569. The van der Waals surface area contributed by atoms with Crippen molar-refractivity contribution in [3.8, 4) is 0 Å². The van der Waals surface area contributed by atoms with Crippen LogP contribution in [-0.4, -0.2) is 57.1 Å². The summed E-state index contributed by atoms with van der Waals surface area (Å²) in [5.74, 6) is -1.15. The third-order valence-corrected chi connectivity index (χ3v) is 7.68. The molecule has 3 aromatic rings. The maximum absolute atomic E-state index is 12.8. The Hall–Kier alpha value is -3.65. The lowest BCUT2D eigenvalue weighted by Crippen LogP contribution is -2.48. The number of benzene rings is 3. The van der Waals surface area contributed by atoms with Crippen LogP contribution in [0.4, 0.5) is 11.4 Å². The number of carbonyl (C=O) groups excluding carboxylic acids is 2. The molecule has 0 atom stereocenters. The minimum atomic E-state index is -3.71. The predicted octanol–water partition coefficient (Wildman–Crippen LogP) is 3.68. The van der Waals surface area contributed by atoms with Crippen LogP contribution >= 0.6 is 0 Å². The first kappa shape index (κ1) is 24.5. The van der Waals surface area contributed by atoms with Gasteiger partial charge in [-0.05, 0) is 62.4 Å². The van der Waals surface area contributed by atoms with Crippen LogP contribution in [0, 0.1) is 13.8 Å². The highest BCUT2D eigenvalue weighted by molar-refractivity contribution is 7.92. The number of rotatable bonds is 6. The zero-order valence-electron chi connectivity index (χ0n) is 19.9. The van der Waals surface area contributed by atoms with Crippen LogP contribution in [-0.2, 0) is 14.6 Å². The molecule has 0 saturated carbocycles. The molecule has 4 rings (SSSR count). The number of hydrogen-bond donors (Lipinski definition) is 1. The van der Waals surface area contributed by atoms with Crippen molar-refractivity contribution in [3.05, 3.63) is 89.5 Å². The van der Waals surface area contributed by atoms with Crippen LogP contribution in [0.2, 0.25) is 0 Å². The molecule has 3 aromatic carbocycles. The highest BCUT2D eigenvalue weighted by Crippen LogP contribution is 2.21. The molecular formula is C27H29N3O4S. The molecule has 0 unspecified atom stereocenters. The molecule has 1 N–H and O–H groups in total. The molecule has 0 aliphatic carbocycles. The Labute approximate surface area is 206 Å². The van der Waals surface area contributed by atoms with E-state index < -0.39 is 21.5 Å². The smallest absolute Gasteiger partial charge is 0.253 e. The van der Waals surface area contributed by atoms with Crippen molar-refractivity contribution < 1.29 is 18.0 Å². The highest BCUT2D eigenvalue weighted by Gasteiger charge is 2.23. The monoisotopic (exact) mass is 491 g/mol. The maximum atomic E-state index is 12.8. The number of carbonyl (C=O) groups is 2. The Kier molecular flexibility index (Phi) is 7.21. The van der Waals surface area contributed by atoms with Gasteiger partial charge in [0.05, 0.1) is 4.90 Å². The Morgan fingerprint density at radius 1 is 0.829 bits per heavy atom. The van der Waals surface area contributed by atoms with Crippen molar-refractivity contribution >= 4 is 33.0 Å². The van der Waals surface area contributed by atoms with Crippen LogP contribution in [0.1, 0.15) is 21.5 Å². The van der Waals surface area contributed by atoms with E-state index in [1.165, 1.54) is 12.1 Å². The average molecular weight is 492 g/mol. The zero-order valence-corrected chi connectivity index (χ0v) is 20.7. The fraction of sp³-hybridized carbons (Fsp3) is 0.259. The number of aryl methyl sites for hydroxylation is 2. The molecule has 7 nitrogen and oxygen atoms in total. The van der Waals surface area contributed by atoms with Crippen molar-refractivity contribution in [2.75, 3.05) is 42.1 Å². The van der Waals surface area contributed by atoms with E-state index in [4.69, 9.17) is 0 Å². The summed E-state index contributed by atoms with van der Waals surface area (Å²) in [7, 11) is -3.71. The van der Waals surface area contributed by atoms with Crippen molar-refractivity contribution in [2.24, 2.45) is 0 Å². The van der Waals surface area contributed by atoms with Gasteiger partial charge in [0.2, 0.25) is 5.91 Å². The zero-order chi connectivity index (χ0) is 25.0. The second-order valence-electron chi connectivity index (χ2n) is 8.82. The van der Waals surface area contributed by atoms with Crippen molar-refractivity contribution in [1.29, 1.82) is 0 Å². The lowest BCUT2D eigenvalue weighted by atomic mass is 10.1. The number of anilines is 2. The number of nitrogens with one attached hydrogen (secondary N) is 1. The number of hydrogen-bond acceptors (Lipinski definition) is 5. The van der Waals surface area contributed by atoms with Gasteiger partial charge in [-0.3, -0.25) is 9.59 Å². The Bertz CT molecular complexity index is 1310. The minimum Gasteiger partial charge on any atom is -0.368 e. The molecule has 0 aromatic heterocycles. The summed E-state index contributed by atoms with van der Waals surface area (Å²) in [6, 6.07) is 21.4. The van der Waals surface area contributed by atoms with Gasteiger partial charge < -0.3 is 15.1 Å². The Morgan fingerprint density at radius 3 is 2.11 bits per heavy atom. The van der Waals surface area contributed by atoms with Gasteiger partial charge >= 0.3 is 0 Å². The molecule has 0 radical (unpaired) electrons. The van der Waals surface area contributed by atoms with Gasteiger partial charge in [-0.15, -0.1) is 0 Å². The van der Waals surface area contributed by atoms with Gasteiger partial charge in [-0.2, -0.15) is 0 Å². The van der Waals surface area contributed by atoms with E-state index in [9.17, 15) is 18.0 Å². The van der Waals surface area contributed by atoms with E-state index in [1.54, 1.807) is 24.3 Å². The molecule has 1 saturated heterocycles.